The van der Waals surface area contributed by atoms with Gasteiger partial charge in [0.05, 0.1) is 16.8 Å². The first kappa shape index (κ1) is 25.2. The van der Waals surface area contributed by atoms with E-state index in [-0.39, 0.29) is 5.82 Å². The van der Waals surface area contributed by atoms with Crippen molar-refractivity contribution < 1.29 is 14.3 Å². The summed E-state index contributed by atoms with van der Waals surface area (Å²) < 4.78 is 20.2. The number of carboxylic acid groups (broad SMARTS) is 1. The summed E-state index contributed by atoms with van der Waals surface area (Å²) >= 11 is 0. The highest BCUT2D eigenvalue weighted by molar-refractivity contribution is 6.03. The van der Waals surface area contributed by atoms with Crippen LogP contribution in [0.15, 0.2) is 36.5 Å². The van der Waals surface area contributed by atoms with Gasteiger partial charge in [0.2, 0.25) is 0 Å². The molecule has 6 rings (SSSR count). The molecule has 0 amide bonds. The van der Waals surface area contributed by atoms with E-state index in [1.807, 2.05) is 18.2 Å². The van der Waals surface area contributed by atoms with E-state index in [9.17, 15) is 9.90 Å². The summed E-state index contributed by atoms with van der Waals surface area (Å²) in [5.74, 6) is -0.621. The number of aromatic nitrogens is 2. The summed E-state index contributed by atoms with van der Waals surface area (Å²) in [4.78, 5) is 14.3. The van der Waals surface area contributed by atoms with Gasteiger partial charge in [0.1, 0.15) is 5.82 Å². The molecule has 38 heavy (non-hydrogen) atoms. The Bertz CT molecular complexity index is 1510. The molecule has 4 aromatic rings. The average molecular weight is 516 g/mol. The molecule has 1 N–H and O–H groups in total. The zero-order valence-corrected chi connectivity index (χ0v) is 22.6. The third-order valence-corrected chi connectivity index (χ3v) is 8.90. The summed E-state index contributed by atoms with van der Waals surface area (Å²) in [5, 5.41) is 11.6. The Balaban J connectivity index is 1.59. The number of hydrogen-bond donors (Lipinski definition) is 1. The van der Waals surface area contributed by atoms with Crippen LogP contribution in [0.1, 0.15) is 86.2 Å². The minimum atomic E-state index is -0.904. The number of aryl methyl sites for hydroxylation is 2. The summed E-state index contributed by atoms with van der Waals surface area (Å²) in [5.41, 5.74) is 6.93. The molecule has 1 aliphatic heterocycles. The SMILES string of the molecule is CCCCN(CC)Cc1cn2c3c(ccc(F)c13)-c1c(C3CCCCC3)c3ccc(C(=O)O)cc3n1CC2. The third kappa shape index (κ3) is 4.14. The van der Waals surface area contributed by atoms with Gasteiger partial charge in [0, 0.05) is 47.7 Å². The first-order valence-corrected chi connectivity index (χ1v) is 14.4. The van der Waals surface area contributed by atoms with E-state index in [0.29, 0.717) is 11.5 Å². The quantitative estimate of drug-likeness (QED) is 0.261. The largest absolute Gasteiger partial charge is 0.478 e. The lowest BCUT2D eigenvalue weighted by Crippen LogP contribution is -2.23. The highest BCUT2D eigenvalue weighted by Crippen LogP contribution is 2.47. The molecule has 6 heteroatoms. The zero-order chi connectivity index (χ0) is 26.4. The second-order valence-corrected chi connectivity index (χ2v) is 11.2. The molecular formula is C32H38FN3O2. The number of carboxylic acids is 1. The number of hydrogen-bond acceptors (Lipinski definition) is 2. The van der Waals surface area contributed by atoms with E-state index in [1.54, 1.807) is 12.1 Å². The molecule has 2 aromatic carbocycles. The van der Waals surface area contributed by atoms with Crippen molar-refractivity contribution in [2.75, 3.05) is 13.1 Å². The second-order valence-electron chi connectivity index (χ2n) is 11.2. The smallest absolute Gasteiger partial charge is 0.335 e. The van der Waals surface area contributed by atoms with Crippen LogP contribution in [0, 0.1) is 5.82 Å². The van der Waals surface area contributed by atoms with Crippen molar-refractivity contribution in [3.63, 3.8) is 0 Å². The molecule has 0 saturated heterocycles. The van der Waals surface area contributed by atoms with E-state index in [1.165, 1.54) is 30.5 Å². The summed E-state index contributed by atoms with van der Waals surface area (Å²) in [7, 11) is 0. The van der Waals surface area contributed by atoms with E-state index >= 15 is 4.39 Å². The maximum Gasteiger partial charge on any atom is 0.335 e. The van der Waals surface area contributed by atoms with Crippen LogP contribution >= 0.6 is 0 Å². The van der Waals surface area contributed by atoms with Crippen molar-refractivity contribution in [3.05, 3.63) is 59.0 Å². The number of fused-ring (bicyclic) bond motifs is 4. The normalized spacial score (nSPS) is 15.9. The number of aromatic carboxylic acids is 1. The Morgan fingerprint density at radius 1 is 1.11 bits per heavy atom. The molecule has 2 aliphatic rings. The van der Waals surface area contributed by atoms with Gasteiger partial charge in [-0.1, -0.05) is 45.6 Å². The van der Waals surface area contributed by atoms with Crippen LogP contribution in [0.4, 0.5) is 4.39 Å². The average Bonchev–Trinajstić information content (AvgIpc) is 3.41. The number of carbonyl (C=O) groups is 1. The van der Waals surface area contributed by atoms with Crippen molar-refractivity contribution >= 4 is 27.8 Å². The molecule has 1 fully saturated rings. The van der Waals surface area contributed by atoms with Gasteiger partial charge in [-0.3, -0.25) is 4.90 Å². The highest BCUT2D eigenvalue weighted by atomic mass is 19.1. The summed E-state index contributed by atoms with van der Waals surface area (Å²) in [6, 6.07) is 9.21. The van der Waals surface area contributed by atoms with Crippen LogP contribution in [0.25, 0.3) is 33.1 Å². The number of unbranched alkanes of at least 4 members (excludes halogenated alkanes) is 1. The van der Waals surface area contributed by atoms with E-state index < -0.39 is 5.97 Å². The van der Waals surface area contributed by atoms with Gasteiger partial charge in [-0.15, -0.1) is 0 Å². The lowest BCUT2D eigenvalue weighted by molar-refractivity contribution is 0.0697. The maximum absolute atomic E-state index is 15.6. The first-order valence-electron chi connectivity index (χ1n) is 14.4. The number of rotatable bonds is 8. The van der Waals surface area contributed by atoms with Gasteiger partial charge in [-0.05, 0) is 73.7 Å². The molecule has 1 saturated carbocycles. The van der Waals surface area contributed by atoms with Crippen molar-refractivity contribution in [3.8, 4) is 11.3 Å². The van der Waals surface area contributed by atoms with Crippen LogP contribution < -0.4 is 0 Å². The molecular weight excluding hydrogens is 477 g/mol. The van der Waals surface area contributed by atoms with Gasteiger partial charge >= 0.3 is 5.97 Å². The molecule has 0 bridgehead atoms. The first-order chi connectivity index (χ1) is 18.5. The van der Waals surface area contributed by atoms with E-state index in [4.69, 9.17) is 0 Å². The Morgan fingerprint density at radius 3 is 2.66 bits per heavy atom. The third-order valence-electron chi connectivity index (χ3n) is 8.90. The Kier molecular flexibility index (Phi) is 6.77. The molecule has 1 aliphatic carbocycles. The number of benzene rings is 2. The van der Waals surface area contributed by atoms with Crippen LogP contribution in [-0.4, -0.2) is 38.2 Å². The molecule has 5 nitrogen and oxygen atoms in total. The van der Waals surface area contributed by atoms with Crippen LogP contribution in [0.3, 0.4) is 0 Å². The molecule has 2 aromatic heterocycles. The topological polar surface area (TPSA) is 50.4 Å². The standard InChI is InChI=1S/C32H38FN3O2/c1-3-5-15-34(4-2)19-23-20-35-16-17-36-27-18-22(32(37)38)11-12-24(27)28(21-9-7-6-8-10-21)31(36)25-13-14-26(33)29(23)30(25)35/h11-14,18,20-21H,3-10,15-17,19H2,1-2H3,(H,37,38). The van der Waals surface area contributed by atoms with Crippen molar-refractivity contribution in [1.29, 1.82) is 0 Å². The van der Waals surface area contributed by atoms with Gasteiger partial charge < -0.3 is 14.2 Å². The van der Waals surface area contributed by atoms with Gasteiger partial charge in [-0.2, -0.15) is 0 Å². The maximum atomic E-state index is 15.6. The van der Waals surface area contributed by atoms with Crippen LogP contribution in [0.5, 0.6) is 0 Å². The predicted octanol–water partition coefficient (Wildman–Crippen LogP) is 7.78. The highest BCUT2D eigenvalue weighted by Gasteiger charge is 2.31. The van der Waals surface area contributed by atoms with Crippen molar-refractivity contribution in [1.82, 2.24) is 14.0 Å². The second kappa shape index (κ2) is 10.2. The van der Waals surface area contributed by atoms with Gasteiger partial charge in [-0.25, -0.2) is 9.18 Å². The predicted molar refractivity (Wildman–Crippen MR) is 151 cm³/mol. The van der Waals surface area contributed by atoms with Crippen LogP contribution in [-0.2, 0) is 19.6 Å². The molecule has 200 valence electrons. The van der Waals surface area contributed by atoms with Crippen molar-refractivity contribution in [2.45, 2.75) is 84.3 Å². The Hall–Kier alpha value is -3.12. The van der Waals surface area contributed by atoms with E-state index in [0.717, 1.165) is 91.3 Å². The number of nitrogens with zero attached hydrogens (tertiary/aromatic N) is 3. The minimum absolute atomic E-state index is 0.152. The Labute approximate surface area is 223 Å². The molecule has 0 spiro atoms. The fourth-order valence-corrected chi connectivity index (χ4v) is 6.99. The molecule has 3 heterocycles. The summed E-state index contributed by atoms with van der Waals surface area (Å²) in [6.45, 7) is 8.56. The van der Waals surface area contributed by atoms with E-state index in [2.05, 4.69) is 34.1 Å². The zero-order valence-electron chi connectivity index (χ0n) is 22.6. The van der Waals surface area contributed by atoms with Gasteiger partial charge in [0.15, 0.2) is 0 Å². The monoisotopic (exact) mass is 515 g/mol. The lowest BCUT2D eigenvalue weighted by Gasteiger charge is -2.23. The molecule has 0 atom stereocenters. The minimum Gasteiger partial charge on any atom is -0.478 e. The fourth-order valence-electron chi connectivity index (χ4n) is 6.99. The molecule has 0 unspecified atom stereocenters. The van der Waals surface area contributed by atoms with Gasteiger partial charge in [0.25, 0.3) is 0 Å². The fraction of sp³-hybridized carbons (Fsp3) is 0.469. The molecule has 0 radical (unpaired) electrons. The van der Waals surface area contributed by atoms with Crippen molar-refractivity contribution in [2.24, 2.45) is 0 Å². The van der Waals surface area contributed by atoms with Crippen LogP contribution in [0.2, 0.25) is 0 Å². The lowest BCUT2D eigenvalue weighted by atomic mass is 9.81. The summed E-state index contributed by atoms with van der Waals surface area (Å²) in [6.07, 6.45) is 10.5. The Morgan fingerprint density at radius 2 is 1.92 bits per heavy atom. The number of halogens is 1.